The maximum atomic E-state index is 5.53. The second-order valence-corrected chi connectivity index (χ2v) is 6.14. The summed E-state index contributed by atoms with van der Waals surface area (Å²) in [7, 11) is 0. The third-order valence-corrected chi connectivity index (χ3v) is 3.86. The molecule has 2 N–H and O–H groups in total. The molecule has 0 aromatic carbocycles. The van der Waals surface area contributed by atoms with Gasteiger partial charge in [-0.3, -0.25) is 0 Å². The first-order chi connectivity index (χ1) is 7.69. The van der Waals surface area contributed by atoms with Crippen molar-refractivity contribution in [3.8, 4) is 0 Å². The monoisotopic (exact) mass is 238 g/mol. The number of hydrogen-bond acceptors (Lipinski definition) is 5. The number of hydrogen-bond donors (Lipinski definition) is 1. The van der Waals surface area contributed by atoms with E-state index in [9.17, 15) is 0 Å². The largest absolute Gasteiger partial charge is 0.339 e. The second-order valence-electron chi connectivity index (χ2n) is 4.26. The van der Waals surface area contributed by atoms with E-state index in [1.165, 1.54) is 0 Å². The molecule has 0 saturated carbocycles. The Morgan fingerprint density at radius 2 is 1.88 bits per heavy atom. The highest BCUT2D eigenvalue weighted by Gasteiger charge is 2.23. The van der Waals surface area contributed by atoms with Crippen LogP contribution in [0.25, 0.3) is 0 Å². The van der Waals surface area contributed by atoms with Crippen LogP contribution in [-0.4, -0.2) is 33.6 Å². The molecule has 1 aromatic rings. The number of nitrogens with zero attached hydrogens (tertiary/aromatic N) is 3. The van der Waals surface area contributed by atoms with Crippen molar-refractivity contribution in [1.82, 2.24) is 9.97 Å². The van der Waals surface area contributed by atoms with Gasteiger partial charge in [0.15, 0.2) is 0 Å². The average molecular weight is 238 g/mol. The quantitative estimate of drug-likeness (QED) is 0.841. The summed E-state index contributed by atoms with van der Waals surface area (Å²) in [5.74, 6) is 0.830. The predicted molar refractivity (Wildman–Crippen MR) is 68.7 cm³/mol. The molecule has 1 saturated heterocycles. The molecule has 1 aliphatic rings. The van der Waals surface area contributed by atoms with E-state index in [-0.39, 0.29) is 0 Å². The lowest BCUT2D eigenvalue weighted by atomic mass is 10.3. The normalized spacial score (nSPS) is 25.8. The Hall–Kier alpha value is -0.810. The first kappa shape index (κ1) is 11.7. The molecule has 16 heavy (non-hydrogen) atoms. The van der Waals surface area contributed by atoms with Crippen molar-refractivity contribution >= 4 is 17.7 Å². The van der Waals surface area contributed by atoms with Gasteiger partial charge in [0.05, 0.1) is 0 Å². The summed E-state index contributed by atoms with van der Waals surface area (Å²) in [6.45, 7) is 7.06. The first-order valence-electron chi connectivity index (χ1n) is 5.60. The van der Waals surface area contributed by atoms with Crippen molar-refractivity contribution < 1.29 is 0 Å². The van der Waals surface area contributed by atoms with E-state index >= 15 is 0 Å². The van der Waals surface area contributed by atoms with E-state index in [4.69, 9.17) is 5.73 Å². The lowest BCUT2D eigenvalue weighted by molar-refractivity contribution is 0.705. The van der Waals surface area contributed by atoms with Crippen molar-refractivity contribution in [1.29, 1.82) is 0 Å². The lowest BCUT2D eigenvalue weighted by Gasteiger charge is -2.34. The minimum atomic E-state index is 0.503. The fraction of sp³-hybridized carbons (Fsp3) is 0.636. The fourth-order valence-electron chi connectivity index (χ4n) is 1.96. The molecule has 1 aliphatic heterocycles. The topological polar surface area (TPSA) is 55.0 Å². The van der Waals surface area contributed by atoms with Gasteiger partial charge in [0.1, 0.15) is 0 Å². The summed E-state index contributed by atoms with van der Waals surface area (Å²) >= 11 is 2.03. The maximum absolute atomic E-state index is 5.53. The summed E-state index contributed by atoms with van der Waals surface area (Å²) < 4.78 is 0. The molecule has 88 valence electrons. The molecule has 0 bridgehead atoms. The van der Waals surface area contributed by atoms with Crippen molar-refractivity contribution in [3.63, 3.8) is 0 Å². The van der Waals surface area contributed by atoms with Gasteiger partial charge in [-0.25, -0.2) is 9.97 Å². The van der Waals surface area contributed by atoms with E-state index in [0.717, 1.165) is 24.6 Å². The Labute approximate surface area is 101 Å². The van der Waals surface area contributed by atoms with E-state index in [2.05, 4.69) is 28.7 Å². The van der Waals surface area contributed by atoms with Gasteiger partial charge in [0, 0.05) is 48.1 Å². The highest BCUT2D eigenvalue weighted by Crippen LogP contribution is 2.26. The van der Waals surface area contributed by atoms with E-state index in [1.807, 2.05) is 24.2 Å². The predicted octanol–water partition coefficient (Wildman–Crippen LogP) is 1.27. The molecule has 2 atom stereocenters. The van der Waals surface area contributed by atoms with Crippen LogP contribution < -0.4 is 10.6 Å². The highest BCUT2D eigenvalue weighted by atomic mass is 32.2. The smallest absolute Gasteiger partial charge is 0.225 e. The molecule has 0 radical (unpaired) electrons. The van der Waals surface area contributed by atoms with Crippen molar-refractivity contribution in [3.05, 3.63) is 18.0 Å². The Balaban J connectivity index is 2.10. The van der Waals surface area contributed by atoms with E-state index < -0.39 is 0 Å². The minimum Gasteiger partial charge on any atom is -0.339 e. The third kappa shape index (κ3) is 2.65. The van der Waals surface area contributed by atoms with Gasteiger partial charge in [-0.15, -0.1) is 0 Å². The second kappa shape index (κ2) is 5.01. The van der Waals surface area contributed by atoms with Gasteiger partial charge in [0.2, 0.25) is 5.95 Å². The minimum absolute atomic E-state index is 0.503. The molecule has 1 aromatic heterocycles. The number of aromatic nitrogens is 2. The molecule has 2 rings (SSSR count). The molecule has 0 spiro atoms. The van der Waals surface area contributed by atoms with Gasteiger partial charge in [-0.05, 0) is 0 Å². The Kier molecular flexibility index (Phi) is 3.66. The van der Waals surface area contributed by atoms with Crippen molar-refractivity contribution in [2.75, 3.05) is 18.0 Å². The van der Waals surface area contributed by atoms with Gasteiger partial charge < -0.3 is 10.6 Å². The number of rotatable bonds is 2. The molecule has 5 heteroatoms. The number of anilines is 1. The number of thioether (sulfide) groups is 1. The van der Waals surface area contributed by atoms with Crippen LogP contribution in [0, 0.1) is 0 Å². The van der Waals surface area contributed by atoms with Gasteiger partial charge in [0.25, 0.3) is 0 Å². The van der Waals surface area contributed by atoms with Crippen molar-refractivity contribution in [2.24, 2.45) is 5.73 Å². The molecule has 1 fully saturated rings. The Morgan fingerprint density at radius 1 is 1.31 bits per heavy atom. The molecular weight excluding hydrogens is 220 g/mol. The average Bonchev–Trinajstić information content (AvgIpc) is 2.28. The van der Waals surface area contributed by atoms with Crippen LogP contribution in [0.15, 0.2) is 12.4 Å². The zero-order valence-corrected chi connectivity index (χ0v) is 10.6. The van der Waals surface area contributed by atoms with Crippen LogP contribution in [-0.2, 0) is 6.54 Å². The van der Waals surface area contributed by atoms with Crippen LogP contribution >= 0.6 is 11.8 Å². The van der Waals surface area contributed by atoms with E-state index in [1.54, 1.807) is 0 Å². The van der Waals surface area contributed by atoms with Crippen LogP contribution in [0.2, 0.25) is 0 Å². The molecule has 0 amide bonds. The summed E-state index contributed by atoms with van der Waals surface area (Å²) in [5.41, 5.74) is 6.51. The molecule has 2 unspecified atom stereocenters. The van der Waals surface area contributed by atoms with Crippen LogP contribution in [0.5, 0.6) is 0 Å². The maximum Gasteiger partial charge on any atom is 0.225 e. The molecule has 2 heterocycles. The Bertz CT molecular complexity index is 330. The third-order valence-electron chi connectivity index (χ3n) is 2.63. The van der Waals surface area contributed by atoms with Crippen LogP contribution in [0.4, 0.5) is 5.95 Å². The van der Waals surface area contributed by atoms with Crippen LogP contribution in [0.3, 0.4) is 0 Å². The zero-order valence-electron chi connectivity index (χ0n) is 9.76. The summed E-state index contributed by atoms with van der Waals surface area (Å²) in [6.07, 6.45) is 3.64. The molecular formula is C11H18N4S. The van der Waals surface area contributed by atoms with Crippen LogP contribution in [0.1, 0.15) is 19.4 Å². The highest BCUT2D eigenvalue weighted by molar-refractivity contribution is 8.00. The van der Waals surface area contributed by atoms with Gasteiger partial charge >= 0.3 is 0 Å². The van der Waals surface area contributed by atoms with Gasteiger partial charge in [-0.1, -0.05) is 13.8 Å². The summed E-state index contributed by atoms with van der Waals surface area (Å²) in [4.78, 5) is 11.0. The number of nitrogens with two attached hydrogens (primary N) is 1. The standard InChI is InChI=1S/C11H18N4S/c1-8-6-15(7-9(2)16-8)11-13-4-10(3-12)5-14-11/h4-5,8-9H,3,6-7,12H2,1-2H3. The summed E-state index contributed by atoms with van der Waals surface area (Å²) in [6, 6.07) is 0. The zero-order chi connectivity index (χ0) is 11.5. The molecule has 4 nitrogen and oxygen atoms in total. The first-order valence-corrected chi connectivity index (χ1v) is 6.54. The Morgan fingerprint density at radius 3 is 2.38 bits per heavy atom. The summed E-state index contributed by atoms with van der Waals surface area (Å²) in [5, 5.41) is 1.28. The molecule has 0 aliphatic carbocycles. The fourth-order valence-corrected chi connectivity index (χ4v) is 3.28. The van der Waals surface area contributed by atoms with E-state index in [0.29, 0.717) is 17.0 Å². The van der Waals surface area contributed by atoms with Crippen molar-refractivity contribution in [2.45, 2.75) is 30.9 Å². The lowest BCUT2D eigenvalue weighted by Crippen LogP contribution is -2.41. The SMILES string of the molecule is CC1CN(c2ncc(CN)cn2)CC(C)S1. The van der Waals surface area contributed by atoms with Gasteiger partial charge in [-0.2, -0.15) is 11.8 Å².